The first-order chi connectivity index (χ1) is 11.8. The number of hydrogen-bond donors (Lipinski definition) is 1. The van der Waals surface area contributed by atoms with Crippen LogP contribution in [0.1, 0.15) is 16.7 Å². The van der Waals surface area contributed by atoms with E-state index in [1.807, 2.05) is 32.0 Å². The monoisotopic (exact) mass is 377 g/mol. The van der Waals surface area contributed by atoms with Gasteiger partial charge in [-0.1, -0.05) is 41.4 Å². The summed E-state index contributed by atoms with van der Waals surface area (Å²) >= 11 is 11.7. The van der Waals surface area contributed by atoms with Crippen LogP contribution in [0.25, 0.3) is 6.08 Å². The molecule has 130 valence electrons. The molecule has 0 radical (unpaired) electrons. The number of ether oxygens (including phenoxy) is 1. The number of esters is 1. The van der Waals surface area contributed by atoms with Crippen molar-refractivity contribution in [1.29, 1.82) is 0 Å². The van der Waals surface area contributed by atoms with Crippen LogP contribution in [0.2, 0.25) is 10.0 Å². The third kappa shape index (κ3) is 5.93. The Balaban J connectivity index is 1.86. The van der Waals surface area contributed by atoms with Crippen molar-refractivity contribution in [2.45, 2.75) is 13.8 Å². The molecule has 1 amide bonds. The van der Waals surface area contributed by atoms with Gasteiger partial charge in [0.2, 0.25) is 0 Å². The van der Waals surface area contributed by atoms with Gasteiger partial charge in [0.05, 0.1) is 10.0 Å². The molecule has 0 aromatic heterocycles. The molecule has 0 aliphatic rings. The van der Waals surface area contributed by atoms with Gasteiger partial charge < -0.3 is 10.1 Å². The van der Waals surface area contributed by atoms with E-state index in [4.69, 9.17) is 27.9 Å². The van der Waals surface area contributed by atoms with Crippen LogP contribution in [-0.4, -0.2) is 18.5 Å². The van der Waals surface area contributed by atoms with Crippen LogP contribution in [0.5, 0.6) is 0 Å². The molecule has 0 saturated carbocycles. The Hall–Kier alpha value is -2.30. The molecule has 0 unspecified atom stereocenters. The molecule has 4 nitrogen and oxygen atoms in total. The van der Waals surface area contributed by atoms with Crippen LogP contribution in [0.4, 0.5) is 5.69 Å². The van der Waals surface area contributed by atoms with Gasteiger partial charge in [-0.25, -0.2) is 4.79 Å². The molecule has 0 aliphatic carbocycles. The van der Waals surface area contributed by atoms with Crippen LogP contribution in [0.15, 0.2) is 42.5 Å². The topological polar surface area (TPSA) is 55.4 Å². The first-order valence-electron chi connectivity index (χ1n) is 7.52. The first-order valence-corrected chi connectivity index (χ1v) is 8.28. The fourth-order valence-electron chi connectivity index (χ4n) is 2.02. The minimum Gasteiger partial charge on any atom is -0.452 e. The Morgan fingerprint density at radius 2 is 1.84 bits per heavy atom. The summed E-state index contributed by atoms with van der Waals surface area (Å²) in [5.41, 5.74) is 3.37. The van der Waals surface area contributed by atoms with E-state index in [0.29, 0.717) is 21.3 Å². The van der Waals surface area contributed by atoms with Gasteiger partial charge in [-0.3, -0.25) is 4.79 Å². The highest BCUT2D eigenvalue weighted by Crippen LogP contribution is 2.23. The van der Waals surface area contributed by atoms with E-state index in [9.17, 15) is 9.59 Å². The van der Waals surface area contributed by atoms with E-state index in [1.54, 1.807) is 18.2 Å². The summed E-state index contributed by atoms with van der Waals surface area (Å²) in [5.74, 6) is -1.02. The zero-order valence-corrected chi connectivity index (χ0v) is 15.3. The lowest BCUT2D eigenvalue weighted by Gasteiger charge is -2.09. The van der Waals surface area contributed by atoms with Crippen molar-refractivity contribution in [1.82, 2.24) is 0 Å². The molecule has 0 atom stereocenters. The molecule has 2 aromatic rings. The second kappa shape index (κ2) is 8.70. The zero-order chi connectivity index (χ0) is 18.4. The van der Waals surface area contributed by atoms with Gasteiger partial charge in [-0.05, 0) is 54.8 Å². The number of amides is 1. The Morgan fingerprint density at radius 1 is 1.08 bits per heavy atom. The largest absolute Gasteiger partial charge is 0.452 e. The summed E-state index contributed by atoms with van der Waals surface area (Å²) in [4.78, 5) is 23.6. The van der Waals surface area contributed by atoms with Crippen LogP contribution >= 0.6 is 23.2 Å². The lowest BCUT2D eigenvalue weighted by molar-refractivity contribution is -0.142. The second-order valence-electron chi connectivity index (χ2n) is 5.48. The van der Waals surface area contributed by atoms with Gasteiger partial charge in [0, 0.05) is 11.8 Å². The lowest BCUT2D eigenvalue weighted by Crippen LogP contribution is -2.20. The molecule has 0 heterocycles. The number of aryl methyl sites for hydroxylation is 2. The maximum Gasteiger partial charge on any atom is 0.331 e. The molecule has 0 aliphatic heterocycles. The zero-order valence-electron chi connectivity index (χ0n) is 13.8. The Labute approximate surface area is 156 Å². The second-order valence-corrected chi connectivity index (χ2v) is 6.30. The summed E-state index contributed by atoms with van der Waals surface area (Å²) in [6.07, 6.45) is 2.76. The van der Waals surface area contributed by atoms with E-state index >= 15 is 0 Å². The Bertz CT molecular complexity index is 831. The maximum absolute atomic E-state index is 11.9. The van der Waals surface area contributed by atoms with Gasteiger partial charge in [0.15, 0.2) is 6.61 Å². The van der Waals surface area contributed by atoms with Crippen LogP contribution < -0.4 is 5.32 Å². The average molecular weight is 378 g/mol. The van der Waals surface area contributed by atoms with E-state index in [-0.39, 0.29) is 6.61 Å². The summed E-state index contributed by atoms with van der Waals surface area (Å²) in [6.45, 7) is 3.46. The summed E-state index contributed by atoms with van der Waals surface area (Å²) in [6, 6.07) is 10.7. The number of anilines is 1. The predicted molar refractivity (Wildman–Crippen MR) is 101 cm³/mol. The predicted octanol–water partition coefficient (Wildman–Crippen LogP) is 4.81. The lowest BCUT2D eigenvalue weighted by atomic mass is 10.1. The van der Waals surface area contributed by atoms with Gasteiger partial charge in [0.25, 0.3) is 5.91 Å². The molecule has 0 fully saturated rings. The van der Waals surface area contributed by atoms with Crippen molar-refractivity contribution in [2.75, 3.05) is 11.9 Å². The van der Waals surface area contributed by atoms with E-state index in [0.717, 1.165) is 11.1 Å². The average Bonchev–Trinajstić information content (AvgIpc) is 2.57. The van der Waals surface area contributed by atoms with Crippen molar-refractivity contribution >= 4 is 46.8 Å². The molecule has 0 saturated heterocycles. The molecule has 25 heavy (non-hydrogen) atoms. The van der Waals surface area contributed by atoms with E-state index < -0.39 is 11.9 Å². The molecule has 1 N–H and O–H groups in total. The highest BCUT2D eigenvalue weighted by atomic mass is 35.5. The standard InChI is InChI=1S/C19H17Cl2NO3/c1-12-3-4-13(2)17(9-12)22-18(23)11-25-19(24)8-6-14-5-7-15(20)16(21)10-14/h3-10H,11H2,1-2H3,(H,22,23)/b8-6+. The van der Waals surface area contributed by atoms with Crippen molar-refractivity contribution in [2.24, 2.45) is 0 Å². The molecular weight excluding hydrogens is 361 g/mol. The number of benzene rings is 2. The number of carbonyl (C=O) groups excluding carboxylic acids is 2. The van der Waals surface area contributed by atoms with Gasteiger partial charge in [-0.2, -0.15) is 0 Å². The summed E-state index contributed by atoms with van der Waals surface area (Å²) < 4.78 is 4.93. The Kier molecular flexibility index (Phi) is 6.62. The fraction of sp³-hybridized carbons (Fsp3) is 0.158. The highest BCUT2D eigenvalue weighted by molar-refractivity contribution is 6.42. The van der Waals surface area contributed by atoms with Crippen molar-refractivity contribution < 1.29 is 14.3 Å². The minimum atomic E-state index is -0.623. The van der Waals surface area contributed by atoms with Crippen LogP contribution in [0.3, 0.4) is 0 Å². The normalized spacial score (nSPS) is 10.7. The Morgan fingerprint density at radius 3 is 2.56 bits per heavy atom. The third-order valence-electron chi connectivity index (χ3n) is 3.37. The van der Waals surface area contributed by atoms with Crippen LogP contribution in [0, 0.1) is 13.8 Å². The van der Waals surface area contributed by atoms with Gasteiger partial charge in [-0.15, -0.1) is 0 Å². The van der Waals surface area contributed by atoms with Crippen LogP contribution in [-0.2, 0) is 14.3 Å². The fourth-order valence-corrected chi connectivity index (χ4v) is 2.33. The number of nitrogens with one attached hydrogen (secondary N) is 1. The number of rotatable bonds is 5. The summed E-state index contributed by atoms with van der Waals surface area (Å²) in [5, 5.41) is 3.55. The first kappa shape index (κ1) is 19.0. The summed E-state index contributed by atoms with van der Waals surface area (Å²) in [7, 11) is 0. The highest BCUT2D eigenvalue weighted by Gasteiger charge is 2.07. The SMILES string of the molecule is Cc1ccc(C)c(NC(=O)COC(=O)/C=C/c2ccc(Cl)c(Cl)c2)c1. The quantitative estimate of drug-likeness (QED) is 0.600. The smallest absolute Gasteiger partial charge is 0.331 e. The van der Waals surface area contributed by atoms with Crippen molar-refractivity contribution in [3.05, 3.63) is 69.2 Å². The van der Waals surface area contributed by atoms with Gasteiger partial charge in [0.1, 0.15) is 0 Å². The molecular formula is C19H17Cl2NO3. The number of carbonyl (C=O) groups is 2. The van der Waals surface area contributed by atoms with Crippen molar-refractivity contribution in [3.63, 3.8) is 0 Å². The molecule has 0 bridgehead atoms. The molecule has 6 heteroatoms. The van der Waals surface area contributed by atoms with Crippen molar-refractivity contribution in [3.8, 4) is 0 Å². The van der Waals surface area contributed by atoms with Gasteiger partial charge >= 0.3 is 5.97 Å². The minimum absolute atomic E-state index is 0.363. The molecule has 2 aromatic carbocycles. The maximum atomic E-state index is 11.9. The number of hydrogen-bond acceptors (Lipinski definition) is 3. The van der Waals surface area contributed by atoms with E-state index in [1.165, 1.54) is 12.2 Å². The molecule has 2 rings (SSSR count). The molecule has 0 spiro atoms. The number of halogens is 2. The third-order valence-corrected chi connectivity index (χ3v) is 4.11. The van der Waals surface area contributed by atoms with E-state index in [2.05, 4.69) is 5.32 Å².